The molecule has 0 saturated carbocycles. The van der Waals surface area contributed by atoms with Gasteiger partial charge in [-0.15, -0.1) is 0 Å². The van der Waals surface area contributed by atoms with Crippen molar-refractivity contribution in [2.24, 2.45) is 0 Å². The summed E-state index contributed by atoms with van der Waals surface area (Å²) in [6.07, 6.45) is 4.77. The Balaban J connectivity index is 1.80. The van der Waals surface area contributed by atoms with E-state index in [0.717, 1.165) is 42.0 Å². The number of unbranched alkanes of at least 4 members (excludes halogenated alkanes) is 1. The molecule has 0 saturated heterocycles. The summed E-state index contributed by atoms with van der Waals surface area (Å²) in [6, 6.07) is 9.61. The molecule has 7 nitrogen and oxygen atoms in total. The normalized spacial score (nSPS) is 10.7. The van der Waals surface area contributed by atoms with Crippen molar-refractivity contribution in [2.75, 3.05) is 0 Å². The average molecular weight is 366 g/mol. The monoisotopic (exact) mass is 366 g/mol. The number of hydrogen-bond donors (Lipinski definition) is 1. The quantitative estimate of drug-likeness (QED) is 0.633. The van der Waals surface area contributed by atoms with E-state index in [2.05, 4.69) is 22.0 Å². The number of aryl methyl sites for hydroxylation is 2. The zero-order valence-electron chi connectivity index (χ0n) is 15.4. The predicted octanol–water partition coefficient (Wildman–Crippen LogP) is 4.10. The van der Waals surface area contributed by atoms with E-state index in [1.54, 1.807) is 12.3 Å². The van der Waals surface area contributed by atoms with Gasteiger partial charge in [-0.2, -0.15) is 5.10 Å². The van der Waals surface area contributed by atoms with Gasteiger partial charge in [-0.25, -0.2) is 14.5 Å². The molecule has 2 aromatic heterocycles. The highest BCUT2D eigenvalue weighted by Crippen LogP contribution is 2.29. The summed E-state index contributed by atoms with van der Waals surface area (Å²) in [6.45, 7) is 4.71. The molecule has 0 aliphatic heterocycles. The summed E-state index contributed by atoms with van der Waals surface area (Å²) in [5.41, 5.74) is 2.63. The Labute approximate surface area is 157 Å². The Bertz CT molecular complexity index is 919. The molecule has 3 aromatic rings. The van der Waals surface area contributed by atoms with Crippen LogP contribution < -0.4 is 4.74 Å². The Morgan fingerprint density at radius 2 is 2.00 bits per heavy atom. The molecular weight excluding hydrogens is 344 g/mol. The van der Waals surface area contributed by atoms with Crippen LogP contribution in [0.25, 0.3) is 11.1 Å². The maximum Gasteiger partial charge on any atom is 0.511 e. The first kappa shape index (κ1) is 18.6. The van der Waals surface area contributed by atoms with Crippen LogP contribution in [0.4, 0.5) is 4.79 Å². The van der Waals surface area contributed by atoms with Gasteiger partial charge in [-0.1, -0.05) is 37.6 Å². The average Bonchev–Trinajstić information content (AvgIpc) is 3.00. The van der Waals surface area contributed by atoms with Crippen molar-refractivity contribution in [2.45, 2.75) is 39.7 Å². The van der Waals surface area contributed by atoms with Gasteiger partial charge in [0.2, 0.25) is 0 Å². The van der Waals surface area contributed by atoms with Gasteiger partial charge in [-0.05, 0) is 30.5 Å². The maximum absolute atomic E-state index is 10.9. The van der Waals surface area contributed by atoms with E-state index in [4.69, 9.17) is 9.84 Å². The van der Waals surface area contributed by atoms with Gasteiger partial charge >= 0.3 is 6.16 Å². The lowest BCUT2D eigenvalue weighted by atomic mass is 10.0. The summed E-state index contributed by atoms with van der Waals surface area (Å²) in [4.78, 5) is 19.3. The third kappa shape index (κ3) is 4.69. The highest BCUT2D eigenvalue weighted by Gasteiger charge is 2.11. The van der Waals surface area contributed by atoms with Crippen molar-refractivity contribution in [1.29, 1.82) is 0 Å². The first-order chi connectivity index (χ1) is 13.1. The molecule has 0 atom stereocenters. The molecule has 0 amide bonds. The van der Waals surface area contributed by atoms with Crippen molar-refractivity contribution < 1.29 is 14.6 Å². The van der Waals surface area contributed by atoms with Crippen molar-refractivity contribution in [3.63, 3.8) is 0 Å². The van der Waals surface area contributed by atoms with Crippen LogP contribution >= 0.6 is 0 Å². The van der Waals surface area contributed by atoms with Gasteiger partial charge in [0, 0.05) is 18.2 Å². The first-order valence-corrected chi connectivity index (χ1v) is 8.91. The van der Waals surface area contributed by atoms with Crippen LogP contribution in [0.2, 0.25) is 0 Å². The molecule has 0 aliphatic carbocycles. The Morgan fingerprint density at radius 3 is 2.70 bits per heavy atom. The number of pyridine rings is 1. The number of hydrogen-bond acceptors (Lipinski definition) is 5. The molecule has 0 bridgehead atoms. The van der Waals surface area contributed by atoms with Crippen molar-refractivity contribution in [1.82, 2.24) is 19.7 Å². The number of benzene rings is 1. The molecule has 27 heavy (non-hydrogen) atoms. The lowest BCUT2D eigenvalue weighted by molar-refractivity contribution is 0.144. The summed E-state index contributed by atoms with van der Waals surface area (Å²) in [7, 11) is 0. The molecule has 3 rings (SSSR count). The number of carboxylic acid groups (broad SMARTS) is 1. The second-order valence-electron chi connectivity index (χ2n) is 6.27. The van der Waals surface area contributed by atoms with Gasteiger partial charge in [0.25, 0.3) is 0 Å². The predicted molar refractivity (Wildman–Crippen MR) is 101 cm³/mol. The van der Waals surface area contributed by atoms with Crippen LogP contribution in [0.3, 0.4) is 0 Å². The summed E-state index contributed by atoms with van der Waals surface area (Å²) >= 11 is 0. The molecule has 1 aromatic carbocycles. The largest absolute Gasteiger partial charge is 0.511 e. The van der Waals surface area contributed by atoms with Crippen LogP contribution in [-0.2, 0) is 13.0 Å². The number of nitrogens with zero attached hydrogens (tertiary/aromatic N) is 4. The van der Waals surface area contributed by atoms with Gasteiger partial charge in [0.1, 0.15) is 11.6 Å². The Morgan fingerprint density at radius 1 is 1.22 bits per heavy atom. The third-order valence-corrected chi connectivity index (χ3v) is 4.19. The minimum Gasteiger partial charge on any atom is -0.449 e. The van der Waals surface area contributed by atoms with E-state index < -0.39 is 6.16 Å². The van der Waals surface area contributed by atoms with Gasteiger partial charge in [0.05, 0.1) is 12.7 Å². The van der Waals surface area contributed by atoms with E-state index in [0.29, 0.717) is 12.1 Å². The van der Waals surface area contributed by atoms with E-state index in [1.807, 2.05) is 35.9 Å². The number of ether oxygens (including phenoxy) is 1. The molecule has 0 unspecified atom stereocenters. The molecule has 2 heterocycles. The lowest BCUT2D eigenvalue weighted by Crippen LogP contribution is -2.07. The highest BCUT2D eigenvalue weighted by atomic mass is 16.7. The minimum absolute atomic E-state index is 0.214. The first-order valence-electron chi connectivity index (χ1n) is 8.91. The molecule has 0 fully saturated rings. The second-order valence-corrected chi connectivity index (χ2v) is 6.27. The number of carbonyl (C=O) groups is 1. The van der Waals surface area contributed by atoms with Crippen LogP contribution in [0, 0.1) is 6.92 Å². The second kappa shape index (κ2) is 8.44. The standard InChI is InChI=1S/C20H22N4O3/c1-3-4-5-19-22-14(2)23-24(19)13-15-6-8-16(9-7-15)17-10-11-21-12-18(17)27-20(25)26/h6-12H,3-5,13H2,1-2H3,(H,25,26). The van der Waals surface area contributed by atoms with Gasteiger partial charge < -0.3 is 9.84 Å². The Kier molecular flexibility index (Phi) is 5.80. The fourth-order valence-electron chi connectivity index (χ4n) is 2.90. The SMILES string of the molecule is CCCCc1nc(C)nn1Cc1ccc(-c2ccncc2OC(=O)O)cc1. The topological polar surface area (TPSA) is 90.1 Å². The molecule has 7 heteroatoms. The van der Waals surface area contributed by atoms with Crippen LogP contribution in [0.15, 0.2) is 42.7 Å². The van der Waals surface area contributed by atoms with Gasteiger partial charge in [-0.3, -0.25) is 4.98 Å². The van der Waals surface area contributed by atoms with Crippen molar-refractivity contribution >= 4 is 6.16 Å². The molecule has 1 N–H and O–H groups in total. The molecule has 0 aliphatic rings. The highest BCUT2D eigenvalue weighted by molar-refractivity contribution is 5.73. The Hall–Kier alpha value is -3.22. The maximum atomic E-state index is 10.9. The molecule has 140 valence electrons. The summed E-state index contributed by atoms with van der Waals surface area (Å²) in [5.74, 6) is 2.00. The van der Waals surface area contributed by atoms with E-state index >= 15 is 0 Å². The fourth-order valence-corrected chi connectivity index (χ4v) is 2.90. The van der Waals surface area contributed by atoms with Crippen LogP contribution in [0.1, 0.15) is 37.0 Å². The van der Waals surface area contributed by atoms with Gasteiger partial charge in [0.15, 0.2) is 5.75 Å². The van der Waals surface area contributed by atoms with E-state index in [1.165, 1.54) is 6.20 Å². The fraction of sp³-hybridized carbons (Fsp3) is 0.300. The number of rotatable bonds is 7. The molecule has 0 radical (unpaired) electrons. The number of aromatic nitrogens is 4. The van der Waals surface area contributed by atoms with Crippen molar-refractivity contribution in [3.05, 3.63) is 59.9 Å². The minimum atomic E-state index is -1.36. The van der Waals surface area contributed by atoms with E-state index in [9.17, 15) is 4.79 Å². The molecule has 0 spiro atoms. The molecular formula is C20H22N4O3. The summed E-state index contributed by atoms with van der Waals surface area (Å²) < 4.78 is 6.76. The zero-order valence-corrected chi connectivity index (χ0v) is 15.4. The zero-order chi connectivity index (χ0) is 19.2. The summed E-state index contributed by atoms with van der Waals surface area (Å²) in [5, 5.41) is 13.4. The van der Waals surface area contributed by atoms with Crippen molar-refractivity contribution in [3.8, 4) is 16.9 Å². The lowest BCUT2D eigenvalue weighted by Gasteiger charge is -2.09. The van der Waals surface area contributed by atoms with Crippen LogP contribution in [0.5, 0.6) is 5.75 Å². The van der Waals surface area contributed by atoms with E-state index in [-0.39, 0.29) is 5.75 Å². The third-order valence-electron chi connectivity index (χ3n) is 4.19. The smallest absolute Gasteiger partial charge is 0.449 e. The van der Waals surface area contributed by atoms with Crippen LogP contribution in [-0.4, -0.2) is 31.0 Å².